The summed E-state index contributed by atoms with van der Waals surface area (Å²) in [6.45, 7) is 5.81. The van der Waals surface area contributed by atoms with Gasteiger partial charge in [0.25, 0.3) is 0 Å². The fraction of sp³-hybridized carbons (Fsp3) is 0.909. The fourth-order valence-corrected chi connectivity index (χ4v) is 1.83. The third-order valence-corrected chi connectivity index (χ3v) is 2.91. The Morgan fingerprint density at radius 2 is 1.87 bits per heavy atom. The quantitative estimate of drug-likeness (QED) is 0.706. The lowest BCUT2D eigenvalue weighted by molar-refractivity contribution is 0.0572. The molecule has 0 amide bonds. The fourth-order valence-electron chi connectivity index (χ4n) is 1.83. The zero-order chi connectivity index (χ0) is 11.5. The summed E-state index contributed by atoms with van der Waals surface area (Å²) in [5.74, 6) is 0. The molecule has 1 aliphatic rings. The molecule has 15 heavy (non-hydrogen) atoms. The number of β-amino-alcohol motifs (C(OH)–C–C–N with tert-alkyl or cyclic N) is 2. The SMILES string of the molecule is CC(C)(C#N)CCCN1CC(O)C(O)C1. The van der Waals surface area contributed by atoms with Crippen molar-refractivity contribution >= 4 is 0 Å². The topological polar surface area (TPSA) is 67.5 Å². The van der Waals surface area contributed by atoms with Crippen LogP contribution < -0.4 is 0 Å². The summed E-state index contributed by atoms with van der Waals surface area (Å²) in [7, 11) is 0. The Hall–Kier alpha value is -0.630. The monoisotopic (exact) mass is 212 g/mol. The number of hydrogen-bond acceptors (Lipinski definition) is 4. The molecule has 0 spiro atoms. The van der Waals surface area contributed by atoms with Gasteiger partial charge in [-0.3, -0.25) is 4.90 Å². The van der Waals surface area contributed by atoms with Crippen molar-refractivity contribution in [1.82, 2.24) is 4.90 Å². The van der Waals surface area contributed by atoms with Crippen LogP contribution in [-0.4, -0.2) is 47.0 Å². The third-order valence-electron chi connectivity index (χ3n) is 2.91. The van der Waals surface area contributed by atoms with Gasteiger partial charge in [0.05, 0.1) is 23.7 Å². The number of nitriles is 1. The third kappa shape index (κ3) is 3.78. The Kier molecular flexibility index (Phi) is 4.09. The Labute approximate surface area is 91.1 Å². The molecule has 0 aromatic heterocycles. The maximum absolute atomic E-state index is 9.33. The lowest BCUT2D eigenvalue weighted by Gasteiger charge is -2.18. The van der Waals surface area contributed by atoms with Gasteiger partial charge in [-0.2, -0.15) is 5.26 Å². The van der Waals surface area contributed by atoms with Crippen molar-refractivity contribution in [2.45, 2.75) is 38.9 Å². The maximum Gasteiger partial charge on any atom is 0.0938 e. The van der Waals surface area contributed by atoms with E-state index in [-0.39, 0.29) is 5.41 Å². The molecule has 0 saturated carbocycles. The molecule has 1 heterocycles. The van der Waals surface area contributed by atoms with Crippen molar-refractivity contribution in [2.24, 2.45) is 5.41 Å². The first-order valence-corrected chi connectivity index (χ1v) is 5.44. The van der Waals surface area contributed by atoms with Gasteiger partial charge < -0.3 is 10.2 Å². The van der Waals surface area contributed by atoms with Crippen LogP contribution in [0.25, 0.3) is 0 Å². The highest BCUT2D eigenvalue weighted by atomic mass is 16.3. The minimum absolute atomic E-state index is 0.267. The van der Waals surface area contributed by atoms with Crippen LogP contribution in [0.2, 0.25) is 0 Å². The molecule has 0 aromatic rings. The summed E-state index contributed by atoms with van der Waals surface area (Å²) in [6, 6.07) is 2.27. The van der Waals surface area contributed by atoms with Gasteiger partial charge >= 0.3 is 0 Å². The summed E-state index contributed by atoms with van der Waals surface area (Å²) in [5.41, 5.74) is -0.267. The molecule has 0 aromatic carbocycles. The van der Waals surface area contributed by atoms with Crippen molar-refractivity contribution in [3.05, 3.63) is 0 Å². The van der Waals surface area contributed by atoms with E-state index in [4.69, 9.17) is 5.26 Å². The highest BCUT2D eigenvalue weighted by Gasteiger charge is 2.29. The van der Waals surface area contributed by atoms with Crippen LogP contribution in [0.3, 0.4) is 0 Å². The van der Waals surface area contributed by atoms with Crippen molar-refractivity contribution in [1.29, 1.82) is 5.26 Å². The molecule has 2 unspecified atom stereocenters. The van der Waals surface area contributed by atoms with Crippen LogP contribution in [0.1, 0.15) is 26.7 Å². The van der Waals surface area contributed by atoms with E-state index in [0.29, 0.717) is 13.1 Å². The number of hydrogen-bond donors (Lipinski definition) is 2. The van der Waals surface area contributed by atoms with Gasteiger partial charge in [-0.15, -0.1) is 0 Å². The van der Waals surface area contributed by atoms with Crippen molar-refractivity contribution in [2.75, 3.05) is 19.6 Å². The normalized spacial score (nSPS) is 27.9. The van der Waals surface area contributed by atoms with Gasteiger partial charge in [-0.1, -0.05) is 0 Å². The highest BCUT2D eigenvalue weighted by molar-refractivity contribution is 4.92. The number of likely N-dealkylation sites (tertiary alicyclic amines) is 1. The molecule has 2 N–H and O–H groups in total. The number of aliphatic hydroxyl groups excluding tert-OH is 2. The molecule has 1 saturated heterocycles. The van der Waals surface area contributed by atoms with E-state index in [1.807, 2.05) is 18.7 Å². The van der Waals surface area contributed by atoms with E-state index in [1.165, 1.54) is 0 Å². The molecule has 0 radical (unpaired) electrons. The smallest absolute Gasteiger partial charge is 0.0938 e. The molecule has 4 heteroatoms. The van der Waals surface area contributed by atoms with E-state index in [2.05, 4.69) is 6.07 Å². The van der Waals surface area contributed by atoms with Crippen LogP contribution in [0.15, 0.2) is 0 Å². The van der Waals surface area contributed by atoms with E-state index < -0.39 is 12.2 Å². The lowest BCUT2D eigenvalue weighted by Crippen LogP contribution is -2.24. The molecule has 0 aliphatic carbocycles. The van der Waals surface area contributed by atoms with Crippen LogP contribution in [0, 0.1) is 16.7 Å². The second-order valence-corrected chi connectivity index (χ2v) is 4.99. The zero-order valence-electron chi connectivity index (χ0n) is 9.48. The maximum atomic E-state index is 9.33. The number of nitrogens with zero attached hydrogens (tertiary/aromatic N) is 2. The Morgan fingerprint density at radius 1 is 1.33 bits per heavy atom. The molecule has 4 nitrogen and oxygen atoms in total. The minimum atomic E-state index is -0.603. The van der Waals surface area contributed by atoms with Gasteiger partial charge in [0, 0.05) is 13.1 Å². The standard InChI is InChI=1S/C11H20N2O2/c1-11(2,8-12)4-3-5-13-6-9(14)10(15)7-13/h9-10,14-15H,3-7H2,1-2H3. The summed E-state index contributed by atoms with van der Waals surface area (Å²) in [5, 5.41) is 27.5. The largest absolute Gasteiger partial charge is 0.389 e. The molecule has 86 valence electrons. The van der Waals surface area contributed by atoms with Gasteiger partial charge in [-0.05, 0) is 33.2 Å². The molecule has 2 atom stereocenters. The van der Waals surface area contributed by atoms with Crippen LogP contribution in [-0.2, 0) is 0 Å². The van der Waals surface area contributed by atoms with E-state index in [9.17, 15) is 10.2 Å². The molecule has 1 fully saturated rings. The average Bonchev–Trinajstić information content (AvgIpc) is 2.46. The van der Waals surface area contributed by atoms with E-state index in [1.54, 1.807) is 0 Å². The van der Waals surface area contributed by atoms with Crippen LogP contribution >= 0.6 is 0 Å². The van der Waals surface area contributed by atoms with Crippen molar-refractivity contribution in [3.63, 3.8) is 0 Å². The van der Waals surface area contributed by atoms with Crippen molar-refractivity contribution < 1.29 is 10.2 Å². The number of rotatable bonds is 4. The number of aliphatic hydroxyl groups is 2. The van der Waals surface area contributed by atoms with Crippen LogP contribution in [0.5, 0.6) is 0 Å². The summed E-state index contributed by atoms with van der Waals surface area (Å²) in [4.78, 5) is 2.04. The molecular formula is C11H20N2O2. The predicted octanol–water partition coefficient (Wildman–Crippen LogP) is 0.354. The Balaban J connectivity index is 2.20. The molecule has 1 rings (SSSR count). The van der Waals surface area contributed by atoms with Gasteiger partial charge in [-0.25, -0.2) is 0 Å². The van der Waals surface area contributed by atoms with Gasteiger partial charge in [0.15, 0.2) is 0 Å². The van der Waals surface area contributed by atoms with Gasteiger partial charge in [0.2, 0.25) is 0 Å². The second kappa shape index (κ2) is 4.93. The predicted molar refractivity (Wildman–Crippen MR) is 57.1 cm³/mol. The van der Waals surface area contributed by atoms with Crippen molar-refractivity contribution in [3.8, 4) is 6.07 Å². The highest BCUT2D eigenvalue weighted by Crippen LogP contribution is 2.21. The zero-order valence-corrected chi connectivity index (χ0v) is 9.48. The molecule has 0 bridgehead atoms. The van der Waals surface area contributed by atoms with E-state index >= 15 is 0 Å². The Morgan fingerprint density at radius 3 is 2.33 bits per heavy atom. The summed E-state index contributed by atoms with van der Waals surface area (Å²) >= 11 is 0. The minimum Gasteiger partial charge on any atom is -0.389 e. The van der Waals surface area contributed by atoms with Crippen LogP contribution in [0.4, 0.5) is 0 Å². The molecule has 1 aliphatic heterocycles. The lowest BCUT2D eigenvalue weighted by atomic mass is 9.90. The first-order valence-electron chi connectivity index (χ1n) is 5.44. The summed E-state index contributed by atoms with van der Waals surface area (Å²) < 4.78 is 0. The summed E-state index contributed by atoms with van der Waals surface area (Å²) in [6.07, 6.45) is 0.578. The average molecular weight is 212 g/mol. The van der Waals surface area contributed by atoms with E-state index in [0.717, 1.165) is 19.4 Å². The molecular weight excluding hydrogens is 192 g/mol. The second-order valence-electron chi connectivity index (χ2n) is 4.99. The Bertz CT molecular complexity index is 237. The first-order chi connectivity index (χ1) is 6.94. The first kappa shape index (κ1) is 12.4. The van der Waals surface area contributed by atoms with Gasteiger partial charge in [0.1, 0.15) is 0 Å².